The summed E-state index contributed by atoms with van der Waals surface area (Å²) in [5, 5.41) is 11.6. The third-order valence-electron chi connectivity index (χ3n) is 13.7. The van der Waals surface area contributed by atoms with Crippen molar-refractivity contribution in [3.63, 3.8) is 0 Å². The van der Waals surface area contributed by atoms with E-state index in [4.69, 9.17) is 19.4 Å². The molecule has 0 atom stereocenters. The van der Waals surface area contributed by atoms with Gasteiger partial charge in [-0.2, -0.15) is 0 Å². The molecule has 0 unspecified atom stereocenters. The topological polar surface area (TPSA) is 61.7 Å². The van der Waals surface area contributed by atoms with Gasteiger partial charge in [0.15, 0.2) is 17.5 Å². The van der Waals surface area contributed by atoms with E-state index >= 15 is 0 Å². The molecule has 0 N–H and O–H groups in total. The maximum Gasteiger partial charge on any atom is 0.166 e. The maximum absolute atomic E-state index is 6.67. The zero-order chi connectivity index (χ0) is 44.5. The summed E-state index contributed by atoms with van der Waals surface area (Å²) in [6.07, 6.45) is 0. The van der Waals surface area contributed by atoms with Crippen molar-refractivity contribution in [1.29, 1.82) is 0 Å². The Hall–Kier alpha value is -8.91. The van der Waals surface area contributed by atoms with Gasteiger partial charge in [-0.05, 0) is 95.7 Å². The highest BCUT2D eigenvalue weighted by atomic mass is 32.1. The largest absolute Gasteiger partial charge is 0.456 e. The molecule has 0 radical (unpaired) electrons. The van der Waals surface area contributed by atoms with Crippen LogP contribution in [0.2, 0.25) is 0 Å². The lowest BCUT2D eigenvalue weighted by molar-refractivity contribution is 0.669. The smallest absolute Gasteiger partial charge is 0.166 e. The normalized spacial score (nSPS) is 12.1. The first-order valence-electron chi connectivity index (χ1n) is 22.8. The van der Waals surface area contributed by atoms with Crippen LogP contribution in [0.25, 0.3) is 142 Å². The third kappa shape index (κ3) is 5.54. The van der Waals surface area contributed by atoms with E-state index in [9.17, 15) is 0 Å². The van der Waals surface area contributed by atoms with Crippen LogP contribution in [0, 0.1) is 0 Å². The molecule has 6 nitrogen and oxygen atoms in total. The fourth-order valence-corrected chi connectivity index (χ4v) is 11.8. The van der Waals surface area contributed by atoms with Crippen molar-refractivity contribution in [3.8, 4) is 45.5 Å². The SMILES string of the molecule is c1ccc(-n2c3ccccc3c3cc(-c4nc(-c5ccc6c(c5)sc5ccccc56)nc(-c5cc6oc7ccccc7c6cc5-n5c6ccccc6c6cc7ccccc7cc65)n4)ccc32)cc1. The number of nitrogens with zero attached hydrogens (tertiary/aromatic N) is 5. The Morgan fingerprint density at radius 1 is 0.338 bits per heavy atom. The van der Waals surface area contributed by atoms with Gasteiger partial charge in [0.05, 0.1) is 27.8 Å². The molecule has 68 heavy (non-hydrogen) atoms. The molecular formula is C61H35N5OS. The van der Waals surface area contributed by atoms with Gasteiger partial charge < -0.3 is 13.6 Å². The standard InChI is InChI=1S/C61H35N5OS/c1-2-16-40(17-3-1)65-50-22-10-6-18-41(50)46-31-38(27-29-52(46)65)59-62-60(39-26-28-45-44-21-9-13-25-57(44)68-58(45)33-39)64-61(63-59)49-35-56-48(43-20-8-12-24-55(43)67-56)34-54(49)66-51-23-11-7-19-42(51)47-30-36-14-4-5-15-37(36)32-53(47)66/h1-35H. The molecule has 5 heterocycles. The predicted molar refractivity (Wildman–Crippen MR) is 282 cm³/mol. The number of hydrogen-bond donors (Lipinski definition) is 0. The zero-order valence-electron chi connectivity index (χ0n) is 36.3. The Morgan fingerprint density at radius 3 is 1.74 bits per heavy atom. The van der Waals surface area contributed by atoms with Crippen molar-refractivity contribution in [2.45, 2.75) is 0 Å². The van der Waals surface area contributed by atoms with E-state index in [0.29, 0.717) is 17.5 Å². The zero-order valence-corrected chi connectivity index (χ0v) is 37.1. The predicted octanol–water partition coefficient (Wildman–Crippen LogP) is 16.5. The van der Waals surface area contributed by atoms with Gasteiger partial charge in [0.2, 0.25) is 0 Å². The lowest BCUT2D eigenvalue weighted by Gasteiger charge is -2.15. The van der Waals surface area contributed by atoms with Gasteiger partial charge in [0.1, 0.15) is 11.2 Å². The Labute approximate surface area is 392 Å². The second-order valence-corrected chi connectivity index (χ2v) is 18.7. The summed E-state index contributed by atoms with van der Waals surface area (Å²) in [6, 6.07) is 75.6. The molecule has 0 bridgehead atoms. The second-order valence-electron chi connectivity index (χ2n) is 17.6. The average Bonchev–Trinajstić information content (AvgIpc) is 4.14. The lowest BCUT2D eigenvalue weighted by atomic mass is 10.0. The average molecular weight is 886 g/mol. The van der Waals surface area contributed by atoms with Gasteiger partial charge in [0.25, 0.3) is 0 Å². The summed E-state index contributed by atoms with van der Waals surface area (Å²) in [6.45, 7) is 0. The van der Waals surface area contributed by atoms with Crippen LogP contribution in [0.1, 0.15) is 0 Å². The molecule has 15 aromatic rings. The molecular weight excluding hydrogens is 851 g/mol. The second kappa shape index (κ2) is 14.3. The third-order valence-corrected chi connectivity index (χ3v) is 14.9. The van der Waals surface area contributed by atoms with Crippen LogP contribution in [0.15, 0.2) is 217 Å². The monoisotopic (exact) mass is 885 g/mol. The Kier molecular flexibility index (Phi) is 7.85. The number of fused-ring (bicyclic) bond motifs is 13. The van der Waals surface area contributed by atoms with Crippen molar-refractivity contribution in [2.24, 2.45) is 0 Å². The van der Waals surface area contributed by atoms with E-state index in [2.05, 4.69) is 209 Å². The molecule has 0 aliphatic heterocycles. The first-order chi connectivity index (χ1) is 33.7. The van der Waals surface area contributed by atoms with E-state index in [1.165, 1.54) is 41.7 Å². The molecule has 0 saturated heterocycles. The summed E-state index contributed by atoms with van der Waals surface area (Å²) in [5.41, 5.74) is 10.8. The van der Waals surface area contributed by atoms with Crippen LogP contribution < -0.4 is 0 Å². The van der Waals surface area contributed by atoms with Crippen molar-refractivity contribution in [3.05, 3.63) is 212 Å². The minimum absolute atomic E-state index is 0.553. The number of aromatic nitrogens is 5. The number of thiophene rings is 1. The molecule has 0 amide bonds. The minimum Gasteiger partial charge on any atom is -0.456 e. The van der Waals surface area contributed by atoms with Gasteiger partial charge >= 0.3 is 0 Å². The first kappa shape index (κ1) is 37.3. The molecule has 0 saturated carbocycles. The minimum atomic E-state index is 0.553. The summed E-state index contributed by atoms with van der Waals surface area (Å²) < 4.78 is 13.8. The molecule has 0 aliphatic rings. The van der Waals surface area contributed by atoms with E-state index in [1.54, 1.807) is 11.3 Å². The molecule has 0 fully saturated rings. The van der Waals surface area contributed by atoms with Crippen LogP contribution in [0.5, 0.6) is 0 Å². The molecule has 5 aromatic heterocycles. The summed E-state index contributed by atoms with van der Waals surface area (Å²) in [5.74, 6) is 1.74. The van der Waals surface area contributed by atoms with Gasteiger partial charge in [0, 0.05) is 74.9 Å². The van der Waals surface area contributed by atoms with Crippen LogP contribution in [0.3, 0.4) is 0 Å². The Bertz CT molecular complexity index is 4580. The molecule has 316 valence electrons. The van der Waals surface area contributed by atoms with Crippen LogP contribution in [0.4, 0.5) is 0 Å². The Balaban J connectivity index is 1.03. The number of furan rings is 1. The highest BCUT2D eigenvalue weighted by molar-refractivity contribution is 7.25. The molecule has 15 rings (SSSR count). The van der Waals surface area contributed by atoms with E-state index < -0.39 is 0 Å². The van der Waals surface area contributed by atoms with Gasteiger partial charge in [-0.1, -0.05) is 127 Å². The lowest BCUT2D eigenvalue weighted by Crippen LogP contribution is -2.04. The van der Waals surface area contributed by atoms with Crippen molar-refractivity contribution in [1.82, 2.24) is 24.1 Å². The summed E-state index contributed by atoms with van der Waals surface area (Å²) in [4.78, 5) is 16.4. The van der Waals surface area contributed by atoms with Gasteiger partial charge in [-0.15, -0.1) is 11.3 Å². The highest BCUT2D eigenvalue weighted by Crippen LogP contribution is 2.43. The van der Waals surface area contributed by atoms with Crippen LogP contribution in [-0.2, 0) is 0 Å². The molecule has 10 aromatic carbocycles. The summed E-state index contributed by atoms with van der Waals surface area (Å²) >= 11 is 1.79. The number of para-hydroxylation sites is 4. The van der Waals surface area contributed by atoms with E-state index in [0.717, 1.165) is 82.8 Å². The first-order valence-corrected chi connectivity index (χ1v) is 23.6. The molecule has 0 aliphatic carbocycles. The molecule has 7 heteroatoms. The number of benzene rings is 10. The van der Waals surface area contributed by atoms with Crippen LogP contribution in [-0.4, -0.2) is 24.1 Å². The van der Waals surface area contributed by atoms with Crippen molar-refractivity contribution >= 4 is 108 Å². The van der Waals surface area contributed by atoms with E-state index in [1.807, 2.05) is 12.1 Å². The van der Waals surface area contributed by atoms with Crippen molar-refractivity contribution < 1.29 is 4.42 Å². The van der Waals surface area contributed by atoms with Gasteiger partial charge in [-0.3, -0.25) is 0 Å². The van der Waals surface area contributed by atoms with Gasteiger partial charge in [-0.25, -0.2) is 15.0 Å². The number of rotatable bonds is 5. The van der Waals surface area contributed by atoms with Crippen molar-refractivity contribution in [2.75, 3.05) is 0 Å². The highest BCUT2D eigenvalue weighted by Gasteiger charge is 2.24. The fraction of sp³-hybridized carbons (Fsp3) is 0. The number of hydrogen-bond acceptors (Lipinski definition) is 5. The maximum atomic E-state index is 6.67. The fourth-order valence-electron chi connectivity index (χ4n) is 10.6. The van der Waals surface area contributed by atoms with E-state index in [-0.39, 0.29) is 0 Å². The van der Waals surface area contributed by atoms with Crippen LogP contribution >= 0.6 is 11.3 Å². The molecule has 0 spiro atoms. The quantitative estimate of drug-likeness (QED) is 0.173. The summed E-state index contributed by atoms with van der Waals surface area (Å²) in [7, 11) is 0. The Morgan fingerprint density at radius 2 is 0.926 bits per heavy atom.